The third-order valence-electron chi connectivity index (χ3n) is 1.39. The second-order valence-electron chi connectivity index (χ2n) is 2.40. The average molecular weight is 198 g/mol. The van der Waals surface area contributed by atoms with Crippen LogP contribution in [-0.4, -0.2) is 20.5 Å². The van der Waals surface area contributed by atoms with Gasteiger partial charge in [0.1, 0.15) is 0 Å². The standard InChI is InChI=1S/C6H15O3PS/c1-3-6(4-2)11-5-10(7,8)9/h6H,3-5H2,1-2H3,(H2,7,8,9). The Labute approximate surface area is 71.7 Å². The SMILES string of the molecule is CCC(CC)SCP(=O)(O)O. The highest BCUT2D eigenvalue weighted by molar-refractivity contribution is 8.04. The van der Waals surface area contributed by atoms with E-state index in [1.165, 1.54) is 11.8 Å². The summed E-state index contributed by atoms with van der Waals surface area (Å²) in [5.74, 6) is 0. The van der Waals surface area contributed by atoms with Crippen molar-refractivity contribution in [1.82, 2.24) is 0 Å². The molecule has 11 heavy (non-hydrogen) atoms. The first-order valence-corrected chi connectivity index (χ1v) is 6.50. The molecule has 2 N–H and O–H groups in total. The van der Waals surface area contributed by atoms with Crippen molar-refractivity contribution in [2.75, 3.05) is 5.49 Å². The predicted molar refractivity (Wildman–Crippen MR) is 48.9 cm³/mol. The van der Waals surface area contributed by atoms with Gasteiger partial charge in [-0.25, -0.2) is 0 Å². The van der Waals surface area contributed by atoms with E-state index in [9.17, 15) is 4.57 Å². The summed E-state index contributed by atoms with van der Waals surface area (Å²) >= 11 is 1.37. The molecule has 0 aliphatic heterocycles. The zero-order chi connectivity index (χ0) is 8.91. The van der Waals surface area contributed by atoms with E-state index >= 15 is 0 Å². The molecule has 0 radical (unpaired) electrons. The lowest BCUT2D eigenvalue weighted by molar-refractivity contribution is 0.379. The third kappa shape index (κ3) is 6.88. The van der Waals surface area contributed by atoms with Crippen LogP contribution in [0, 0.1) is 0 Å². The van der Waals surface area contributed by atoms with E-state index in [-0.39, 0.29) is 5.49 Å². The summed E-state index contributed by atoms with van der Waals surface area (Å²) in [6, 6.07) is 0. The van der Waals surface area contributed by atoms with Crippen molar-refractivity contribution in [3.8, 4) is 0 Å². The van der Waals surface area contributed by atoms with Gasteiger partial charge in [0.2, 0.25) is 0 Å². The summed E-state index contributed by atoms with van der Waals surface area (Å²) in [4.78, 5) is 17.1. The van der Waals surface area contributed by atoms with Gasteiger partial charge in [0.15, 0.2) is 0 Å². The molecule has 0 aromatic rings. The normalized spacial score (nSPS) is 12.5. The molecular weight excluding hydrogens is 183 g/mol. The lowest BCUT2D eigenvalue weighted by Gasteiger charge is -2.11. The maximum Gasteiger partial charge on any atom is 0.335 e. The van der Waals surface area contributed by atoms with Gasteiger partial charge in [-0.1, -0.05) is 13.8 Å². The first-order chi connectivity index (χ1) is 4.99. The fraction of sp³-hybridized carbons (Fsp3) is 1.00. The van der Waals surface area contributed by atoms with E-state index in [4.69, 9.17) is 9.79 Å². The van der Waals surface area contributed by atoms with Crippen LogP contribution in [0.15, 0.2) is 0 Å². The minimum absolute atomic E-state index is 0.0423. The molecule has 0 aromatic heterocycles. The van der Waals surface area contributed by atoms with Gasteiger partial charge >= 0.3 is 7.60 Å². The van der Waals surface area contributed by atoms with Crippen molar-refractivity contribution in [2.45, 2.75) is 31.9 Å². The summed E-state index contributed by atoms with van der Waals surface area (Å²) in [6.45, 7) is 4.06. The van der Waals surface area contributed by atoms with Gasteiger partial charge in [-0.05, 0) is 12.8 Å². The molecular formula is C6H15O3PS. The van der Waals surface area contributed by atoms with Crippen LogP contribution in [0.25, 0.3) is 0 Å². The molecule has 0 aromatic carbocycles. The number of rotatable bonds is 5. The highest BCUT2D eigenvalue weighted by atomic mass is 32.2. The molecule has 5 heteroatoms. The molecule has 0 aliphatic rings. The van der Waals surface area contributed by atoms with Gasteiger partial charge in [0.05, 0.1) is 5.49 Å². The number of hydrogen-bond donors (Lipinski definition) is 2. The molecule has 0 aliphatic carbocycles. The zero-order valence-corrected chi connectivity index (χ0v) is 8.57. The Morgan fingerprint density at radius 1 is 1.36 bits per heavy atom. The molecule has 0 saturated carbocycles. The molecule has 0 amide bonds. The maximum atomic E-state index is 10.4. The van der Waals surface area contributed by atoms with Gasteiger partial charge in [-0.15, -0.1) is 11.8 Å². The summed E-state index contributed by atoms with van der Waals surface area (Å²) in [7, 11) is -3.78. The van der Waals surface area contributed by atoms with E-state index < -0.39 is 7.60 Å². The Bertz CT molecular complexity index is 141. The smallest absolute Gasteiger partial charge is 0.324 e. The van der Waals surface area contributed by atoms with Gasteiger partial charge in [0, 0.05) is 5.25 Å². The fourth-order valence-corrected chi connectivity index (χ4v) is 2.82. The molecule has 0 bridgehead atoms. The molecule has 3 nitrogen and oxygen atoms in total. The van der Waals surface area contributed by atoms with Crippen LogP contribution in [0.1, 0.15) is 26.7 Å². The van der Waals surface area contributed by atoms with Crippen LogP contribution in [0.3, 0.4) is 0 Å². The largest absolute Gasteiger partial charge is 0.335 e. The summed E-state index contributed by atoms with van der Waals surface area (Å²) < 4.78 is 10.4. The first-order valence-electron chi connectivity index (χ1n) is 3.65. The monoisotopic (exact) mass is 198 g/mol. The lowest BCUT2D eigenvalue weighted by atomic mass is 10.3. The quantitative estimate of drug-likeness (QED) is 0.664. The second-order valence-corrected chi connectivity index (χ2v) is 5.76. The summed E-state index contributed by atoms with van der Waals surface area (Å²) in [6.07, 6.45) is 1.95. The van der Waals surface area contributed by atoms with Gasteiger partial charge in [-0.3, -0.25) is 4.57 Å². The van der Waals surface area contributed by atoms with Crippen LogP contribution < -0.4 is 0 Å². The molecule has 0 atom stereocenters. The van der Waals surface area contributed by atoms with Crippen LogP contribution in [0.5, 0.6) is 0 Å². The summed E-state index contributed by atoms with van der Waals surface area (Å²) in [5.41, 5.74) is -0.0423. The maximum absolute atomic E-state index is 10.4. The van der Waals surface area contributed by atoms with Crippen molar-refractivity contribution in [3.05, 3.63) is 0 Å². The number of hydrogen-bond acceptors (Lipinski definition) is 2. The van der Waals surface area contributed by atoms with E-state index in [0.29, 0.717) is 5.25 Å². The van der Waals surface area contributed by atoms with Gasteiger partial charge in [0.25, 0.3) is 0 Å². The molecule has 0 rings (SSSR count). The molecule has 0 fully saturated rings. The van der Waals surface area contributed by atoms with Crippen LogP contribution >= 0.6 is 19.4 Å². The second kappa shape index (κ2) is 5.20. The molecule has 0 saturated heterocycles. The Hall–Kier alpha value is 0.500. The van der Waals surface area contributed by atoms with Crippen LogP contribution in [-0.2, 0) is 4.57 Å². The first kappa shape index (κ1) is 11.5. The Kier molecular flexibility index (Phi) is 5.44. The van der Waals surface area contributed by atoms with E-state index in [0.717, 1.165) is 12.8 Å². The van der Waals surface area contributed by atoms with Crippen molar-refractivity contribution < 1.29 is 14.4 Å². The van der Waals surface area contributed by atoms with Crippen LogP contribution in [0.2, 0.25) is 0 Å². The Morgan fingerprint density at radius 2 is 1.82 bits per heavy atom. The minimum Gasteiger partial charge on any atom is -0.324 e. The van der Waals surface area contributed by atoms with Gasteiger partial charge in [-0.2, -0.15) is 0 Å². The van der Waals surface area contributed by atoms with Gasteiger partial charge < -0.3 is 9.79 Å². The fourth-order valence-electron chi connectivity index (χ4n) is 0.727. The lowest BCUT2D eigenvalue weighted by Crippen LogP contribution is -1.99. The van der Waals surface area contributed by atoms with Crippen molar-refractivity contribution in [3.63, 3.8) is 0 Å². The van der Waals surface area contributed by atoms with E-state index in [2.05, 4.69) is 0 Å². The third-order valence-corrected chi connectivity index (χ3v) is 4.47. The zero-order valence-electron chi connectivity index (χ0n) is 6.86. The predicted octanol–water partition coefficient (Wildman–Crippen LogP) is 2.04. The van der Waals surface area contributed by atoms with E-state index in [1.807, 2.05) is 13.8 Å². The average Bonchev–Trinajstić information content (AvgIpc) is 1.88. The molecule has 0 spiro atoms. The molecule has 0 unspecified atom stereocenters. The topological polar surface area (TPSA) is 57.5 Å². The molecule has 0 heterocycles. The van der Waals surface area contributed by atoms with E-state index in [1.54, 1.807) is 0 Å². The number of thioether (sulfide) groups is 1. The van der Waals surface area contributed by atoms with Crippen LogP contribution in [0.4, 0.5) is 0 Å². The Morgan fingerprint density at radius 3 is 2.09 bits per heavy atom. The van der Waals surface area contributed by atoms with Crippen molar-refractivity contribution >= 4 is 19.4 Å². The summed E-state index contributed by atoms with van der Waals surface area (Å²) in [5, 5.41) is 0.391. The van der Waals surface area contributed by atoms with Crippen molar-refractivity contribution in [2.24, 2.45) is 0 Å². The van der Waals surface area contributed by atoms with Crippen molar-refractivity contribution in [1.29, 1.82) is 0 Å². The minimum atomic E-state index is -3.78. The molecule has 68 valence electrons. The Balaban J connectivity index is 3.59. The highest BCUT2D eigenvalue weighted by Gasteiger charge is 2.15. The highest BCUT2D eigenvalue weighted by Crippen LogP contribution is 2.40.